The summed E-state index contributed by atoms with van der Waals surface area (Å²) in [5.41, 5.74) is 0.0864. The van der Waals surface area contributed by atoms with Crippen molar-refractivity contribution in [3.63, 3.8) is 0 Å². The van der Waals surface area contributed by atoms with Crippen molar-refractivity contribution in [3.05, 3.63) is 23.9 Å². The summed E-state index contributed by atoms with van der Waals surface area (Å²) in [4.78, 5) is 36.9. The Bertz CT molecular complexity index is 492. The number of amides is 2. The van der Waals surface area contributed by atoms with Crippen molar-refractivity contribution in [1.82, 2.24) is 10.3 Å². The van der Waals surface area contributed by atoms with E-state index in [4.69, 9.17) is 5.11 Å². The van der Waals surface area contributed by atoms with E-state index < -0.39 is 18.0 Å². The van der Waals surface area contributed by atoms with Crippen molar-refractivity contribution < 1.29 is 24.2 Å². The van der Waals surface area contributed by atoms with Gasteiger partial charge >= 0.3 is 12.1 Å². The number of thioether (sulfide) groups is 1. The molecule has 7 nitrogen and oxygen atoms in total. The van der Waals surface area contributed by atoms with Crippen LogP contribution in [0.25, 0.3) is 0 Å². The highest BCUT2D eigenvalue weighted by atomic mass is 32.2. The lowest BCUT2D eigenvalue weighted by Crippen LogP contribution is -2.32. The van der Waals surface area contributed by atoms with Crippen LogP contribution < -0.4 is 5.32 Å². The molecule has 1 aromatic heterocycles. The third-order valence-corrected chi connectivity index (χ3v) is 2.78. The molecule has 0 saturated heterocycles. The highest BCUT2D eigenvalue weighted by Crippen LogP contribution is 2.15. The molecule has 0 aliphatic heterocycles. The molecule has 0 bridgehead atoms. The molecule has 0 atom stereocenters. The summed E-state index contributed by atoms with van der Waals surface area (Å²) < 4.78 is 4.54. The molecule has 0 aliphatic carbocycles. The van der Waals surface area contributed by atoms with Crippen LogP contribution in [0.2, 0.25) is 0 Å². The molecule has 1 rings (SSSR count). The summed E-state index contributed by atoms with van der Waals surface area (Å²) in [5, 5.41) is 11.2. The second-order valence-corrected chi connectivity index (χ2v) is 4.24. The smallest absolute Gasteiger partial charge is 0.413 e. The Morgan fingerprint density at radius 3 is 2.84 bits per heavy atom. The first-order valence-corrected chi connectivity index (χ1v) is 6.30. The van der Waals surface area contributed by atoms with Crippen LogP contribution in [-0.2, 0) is 9.53 Å². The number of aromatic nitrogens is 1. The molecule has 102 valence electrons. The number of rotatable bonds is 5. The minimum atomic E-state index is -1.07. The average Bonchev–Trinajstić information content (AvgIpc) is 2.37. The van der Waals surface area contributed by atoms with Crippen LogP contribution in [0, 0.1) is 0 Å². The third-order valence-electron chi connectivity index (χ3n) is 1.85. The third kappa shape index (κ3) is 5.38. The molecular formula is C11H12N2O5S. The zero-order chi connectivity index (χ0) is 14.3. The van der Waals surface area contributed by atoms with Gasteiger partial charge in [-0.2, -0.15) is 0 Å². The van der Waals surface area contributed by atoms with Gasteiger partial charge in [0.05, 0.1) is 22.9 Å². The van der Waals surface area contributed by atoms with E-state index in [0.717, 1.165) is 11.8 Å². The van der Waals surface area contributed by atoms with Crippen LogP contribution in [0.3, 0.4) is 0 Å². The van der Waals surface area contributed by atoms with Crippen LogP contribution in [0.1, 0.15) is 17.3 Å². The Hall–Kier alpha value is -2.09. The van der Waals surface area contributed by atoms with E-state index in [-0.39, 0.29) is 17.9 Å². The van der Waals surface area contributed by atoms with Crippen LogP contribution in [0.4, 0.5) is 4.79 Å². The van der Waals surface area contributed by atoms with E-state index in [1.54, 1.807) is 6.92 Å². The molecule has 0 fully saturated rings. The van der Waals surface area contributed by atoms with Gasteiger partial charge in [-0.3, -0.25) is 10.1 Å². The number of aromatic carboxylic acids is 1. The molecule has 0 aromatic carbocycles. The van der Waals surface area contributed by atoms with Gasteiger partial charge in [0.15, 0.2) is 0 Å². The summed E-state index contributed by atoms with van der Waals surface area (Å²) in [5.74, 6) is -1.67. The number of carboxylic acid groups (broad SMARTS) is 1. The molecule has 0 saturated carbocycles. The van der Waals surface area contributed by atoms with E-state index >= 15 is 0 Å². The van der Waals surface area contributed by atoms with Crippen LogP contribution in [-0.4, -0.2) is 40.4 Å². The largest absolute Gasteiger partial charge is 0.478 e. The van der Waals surface area contributed by atoms with E-state index in [0.29, 0.717) is 5.03 Å². The van der Waals surface area contributed by atoms with E-state index in [1.165, 1.54) is 18.3 Å². The van der Waals surface area contributed by atoms with Crippen LogP contribution in [0.15, 0.2) is 23.4 Å². The summed E-state index contributed by atoms with van der Waals surface area (Å²) in [6.07, 6.45) is 0.537. The van der Waals surface area contributed by atoms with Crippen molar-refractivity contribution in [3.8, 4) is 0 Å². The summed E-state index contributed by atoms with van der Waals surface area (Å²) in [6.45, 7) is 1.80. The number of carboxylic acids is 1. The lowest BCUT2D eigenvalue weighted by atomic mass is 10.3. The van der Waals surface area contributed by atoms with Crippen molar-refractivity contribution >= 4 is 29.7 Å². The average molecular weight is 284 g/mol. The topological polar surface area (TPSA) is 106 Å². The van der Waals surface area contributed by atoms with Crippen molar-refractivity contribution in [2.24, 2.45) is 0 Å². The number of alkyl carbamates (subject to hydrolysis) is 1. The highest BCUT2D eigenvalue weighted by Gasteiger charge is 2.10. The van der Waals surface area contributed by atoms with Gasteiger partial charge in [-0.15, -0.1) is 0 Å². The van der Waals surface area contributed by atoms with Gasteiger partial charge in [-0.1, -0.05) is 11.8 Å². The molecule has 19 heavy (non-hydrogen) atoms. The van der Waals surface area contributed by atoms with Gasteiger partial charge in [-0.25, -0.2) is 14.6 Å². The maximum absolute atomic E-state index is 11.3. The number of hydrogen-bond donors (Lipinski definition) is 2. The number of carbonyl (C=O) groups is 3. The molecule has 0 radical (unpaired) electrons. The molecule has 2 amide bonds. The van der Waals surface area contributed by atoms with Crippen molar-refractivity contribution in [2.75, 3.05) is 12.4 Å². The summed E-state index contributed by atoms with van der Waals surface area (Å²) in [6, 6.07) is 2.70. The first kappa shape index (κ1) is 15.0. The lowest BCUT2D eigenvalue weighted by molar-refractivity contribution is -0.117. The normalized spacial score (nSPS) is 9.74. The van der Waals surface area contributed by atoms with Gasteiger partial charge < -0.3 is 9.84 Å². The number of carbonyl (C=O) groups excluding carboxylic acids is 2. The van der Waals surface area contributed by atoms with Gasteiger partial charge in [0.2, 0.25) is 5.91 Å². The fourth-order valence-electron chi connectivity index (χ4n) is 1.08. The van der Waals surface area contributed by atoms with Crippen molar-refractivity contribution in [2.45, 2.75) is 11.9 Å². The standard InChI is InChI=1S/C11H12N2O5S/c1-2-18-11(17)13-8(14)6-19-9-5-7(10(15)16)3-4-12-9/h3-5H,2,6H2,1H3,(H,15,16)(H,13,14,17). The van der Waals surface area contributed by atoms with Crippen LogP contribution >= 0.6 is 11.8 Å². The molecule has 0 aliphatic rings. The van der Waals surface area contributed by atoms with E-state index in [2.05, 4.69) is 9.72 Å². The molecule has 1 heterocycles. The minimum absolute atomic E-state index is 0.0606. The van der Waals surface area contributed by atoms with E-state index in [9.17, 15) is 14.4 Å². The van der Waals surface area contributed by atoms with Gasteiger partial charge in [0.1, 0.15) is 0 Å². The monoisotopic (exact) mass is 284 g/mol. The Balaban J connectivity index is 2.48. The number of nitrogens with one attached hydrogen (secondary N) is 1. The Kier molecular flexibility index (Phi) is 5.80. The zero-order valence-electron chi connectivity index (χ0n) is 10.1. The minimum Gasteiger partial charge on any atom is -0.478 e. The number of ether oxygens (including phenoxy) is 1. The molecule has 8 heteroatoms. The predicted octanol–water partition coefficient (Wildman–Crippen LogP) is 1.14. The number of hydrogen-bond acceptors (Lipinski definition) is 6. The first-order chi connectivity index (χ1) is 9.02. The molecule has 1 aromatic rings. The number of imide groups is 1. The zero-order valence-corrected chi connectivity index (χ0v) is 10.9. The Morgan fingerprint density at radius 2 is 2.21 bits per heavy atom. The summed E-state index contributed by atoms with van der Waals surface area (Å²) >= 11 is 1.03. The van der Waals surface area contributed by atoms with Gasteiger partial charge in [-0.05, 0) is 19.1 Å². The quantitative estimate of drug-likeness (QED) is 0.781. The SMILES string of the molecule is CCOC(=O)NC(=O)CSc1cc(C(=O)O)ccn1. The molecule has 0 spiro atoms. The maximum atomic E-state index is 11.3. The predicted molar refractivity (Wildman–Crippen MR) is 67.1 cm³/mol. The maximum Gasteiger partial charge on any atom is 0.413 e. The lowest BCUT2D eigenvalue weighted by Gasteiger charge is -2.04. The van der Waals surface area contributed by atoms with Gasteiger partial charge in [0, 0.05) is 6.20 Å². The summed E-state index contributed by atoms with van der Waals surface area (Å²) in [7, 11) is 0. The first-order valence-electron chi connectivity index (χ1n) is 5.31. The second-order valence-electron chi connectivity index (χ2n) is 3.25. The van der Waals surface area contributed by atoms with Gasteiger partial charge in [0.25, 0.3) is 0 Å². The second kappa shape index (κ2) is 7.37. The Morgan fingerprint density at radius 1 is 1.47 bits per heavy atom. The number of pyridine rings is 1. The number of nitrogens with zero attached hydrogens (tertiary/aromatic N) is 1. The molecule has 2 N–H and O–H groups in total. The van der Waals surface area contributed by atoms with Crippen LogP contribution in [0.5, 0.6) is 0 Å². The fourth-order valence-corrected chi connectivity index (χ4v) is 1.77. The molecular weight excluding hydrogens is 272 g/mol. The molecule has 0 unspecified atom stereocenters. The van der Waals surface area contributed by atoms with E-state index in [1.807, 2.05) is 5.32 Å². The van der Waals surface area contributed by atoms with Crippen molar-refractivity contribution in [1.29, 1.82) is 0 Å². The Labute approximate surface area is 113 Å². The highest BCUT2D eigenvalue weighted by molar-refractivity contribution is 7.99. The fraction of sp³-hybridized carbons (Fsp3) is 0.273.